The highest BCUT2D eigenvalue weighted by molar-refractivity contribution is 6.10. The minimum atomic E-state index is -4.59. The Morgan fingerprint density at radius 2 is 2.04 bits per heavy atom. The second-order valence-electron chi connectivity index (χ2n) is 5.65. The van der Waals surface area contributed by atoms with Crippen LogP contribution in [0.5, 0.6) is 5.75 Å². The molecule has 0 radical (unpaired) electrons. The van der Waals surface area contributed by atoms with E-state index >= 15 is 0 Å². The lowest BCUT2D eigenvalue weighted by Gasteiger charge is -2.17. The molecule has 0 amide bonds. The van der Waals surface area contributed by atoms with Gasteiger partial charge in [-0.1, -0.05) is 5.16 Å². The van der Waals surface area contributed by atoms with Crippen molar-refractivity contribution >= 4 is 5.78 Å². The zero-order chi connectivity index (χ0) is 17.5. The van der Waals surface area contributed by atoms with Crippen LogP contribution in [0.25, 0.3) is 0 Å². The summed E-state index contributed by atoms with van der Waals surface area (Å²) in [6, 6.07) is 3.44. The molecule has 0 saturated heterocycles. The van der Waals surface area contributed by atoms with Gasteiger partial charge in [-0.05, 0) is 43.5 Å². The maximum atomic E-state index is 12.9. The fourth-order valence-electron chi connectivity index (χ4n) is 2.36. The summed E-state index contributed by atoms with van der Waals surface area (Å²) in [4.78, 5) is 12.6. The smallest absolute Gasteiger partial charge is 0.428 e. The van der Waals surface area contributed by atoms with Gasteiger partial charge in [0, 0.05) is 11.5 Å². The van der Waals surface area contributed by atoms with Crippen molar-refractivity contribution in [3.63, 3.8) is 0 Å². The number of carbonyl (C=O) groups excluding carboxylic acids is 1. The molecule has 3 rings (SSSR count). The van der Waals surface area contributed by atoms with Crippen LogP contribution in [0.2, 0.25) is 0 Å². The first-order valence-corrected chi connectivity index (χ1v) is 7.24. The summed E-state index contributed by atoms with van der Waals surface area (Å²) in [5.74, 6) is -0.104. The number of halogens is 4. The minimum Gasteiger partial charge on any atom is -0.428 e. The van der Waals surface area contributed by atoms with Crippen molar-refractivity contribution in [2.24, 2.45) is 0 Å². The molecule has 1 aliphatic rings. The highest BCUT2D eigenvalue weighted by Crippen LogP contribution is 2.42. The van der Waals surface area contributed by atoms with Crippen molar-refractivity contribution in [3.8, 4) is 5.75 Å². The summed E-state index contributed by atoms with van der Waals surface area (Å²) in [6.07, 6.45) is -5.37. The van der Waals surface area contributed by atoms with Crippen molar-refractivity contribution in [1.82, 2.24) is 5.16 Å². The number of rotatable bonds is 6. The Kier molecular flexibility index (Phi) is 4.06. The predicted octanol–water partition coefficient (Wildman–Crippen LogP) is 4.33. The molecule has 0 atom stereocenters. The maximum absolute atomic E-state index is 12.9. The SMILES string of the molecule is Cc1cc(OC(F)(F)C(F)F)ccc1C(=O)c1cnoc1C1CC1. The molecule has 0 spiro atoms. The number of ether oxygens (including phenoxy) is 1. The summed E-state index contributed by atoms with van der Waals surface area (Å²) >= 11 is 0. The van der Waals surface area contributed by atoms with Crippen molar-refractivity contribution in [2.75, 3.05) is 0 Å². The third-order valence-corrected chi connectivity index (χ3v) is 3.74. The van der Waals surface area contributed by atoms with Gasteiger partial charge >= 0.3 is 12.5 Å². The molecular weight excluding hydrogens is 330 g/mol. The number of hydrogen-bond acceptors (Lipinski definition) is 4. The number of nitrogens with zero attached hydrogens (tertiary/aromatic N) is 1. The summed E-state index contributed by atoms with van der Waals surface area (Å²) in [6.45, 7) is 1.50. The van der Waals surface area contributed by atoms with E-state index < -0.39 is 18.3 Å². The van der Waals surface area contributed by atoms with Crippen LogP contribution < -0.4 is 4.74 Å². The van der Waals surface area contributed by atoms with Gasteiger partial charge in [0.2, 0.25) is 0 Å². The monoisotopic (exact) mass is 343 g/mol. The van der Waals surface area contributed by atoms with E-state index in [-0.39, 0.29) is 17.3 Å². The van der Waals surface area contributed by atoms with Crippen molar-refractivity contribution in [1.29, 1.82) is 0 Å². The zero-order valence-corrected chi connectivity index (χ0v) is 12.6. The van der Waals surface area contributed by atoms with E-state index in [9.17, 15) is 22.4 Å². The van der Waals surface area contributed by atoms with Gasteiger partial charge < -0.3 is 9.26 Å². The normalized spacial score (nSPS) is 14.9. The van der Waals surface area contributed by atoms with E-state index in [0.29, 0.717) is 16.9 Å². The molecular formula is C16H13F4NO3. The molecule has 8 heteroatoms. The molecule has 24 heavy (non-hydrogen) atoms. The Balaban J connectivity index is 1.84. The lowest BCUT2D eigenvalue weighted by molar-refractivity contribution is -0.253. The number of carbonyl (C=O) groups is 1. The molecule has 0 N–H and O–H groups in total. The average Bonchev–Trinajstić information content (AvgIpc) is 3.23. The average molecular weight is 343 g/mol. The largest absolute Gasteiger partial charge is 0.461 e. The highest BCUT2D eigenvalue weighted by Gasteiger charge is 2.44. The van der Waals surface area contributed by atoms with Crippen LogP contribution in [0, 0.1) is 6.92 Å². The highest BCUT2D eigenvalue weighted by atomic mass is 19.3. The molecule has 1 saturated carbocycles. The third-order valence-electron chi connectivity index (χ3n) is 3.74. The number of aromatic nitrogens is 1. The molecule has 128 valence electrons. The standard InChI is InChI=1S/C16H13F4NO3/c1-8-6-10(23-16(19,20)15(17)18)4-5-11(8)13(22)12-7-21-24-14(12)9-2-3-9/h4-7,9,15H,2-3H2,1H3. The fraction of sp³-hybridized carbons (Fsp3) is 0.375. The van der Waals surface area contributed by atoms with E-state index in [1.54, 1.807) is 0 Å². The first-order chi connectivity index (χ1) is 11.3. The van der Waals surface area contributed by atoms with Gasteiger partial charge in [-0.3, -0.25) is 4.79 Å². The Morgan fingerprint density at radius 1 is 1.33 bits per heavy atom. The van der Waals surface area contributed by atoms with E-state index in [1.165, 1.54) is 19.2 Å². The van der Waals surface area contributed by atoms with Crippen LogP contribution in [0.1, 0.15) is 46.0 Å². The molecule has 1 aromatic heterocycles. The van der Waals surface area contributed by atoms with Gasteiger partial charge in [-0.15, -0.1) is 0 Å². The van der Waals surface area contributed by atoms with Gasteiger partial charge in [0.15, 0.2) is 11.5 Å². The second kappa shape index (κ2) is 5.92. The molecule has 1 aromatic carbocycles. The lowest BCUT2D eigenvalue weighted by Crippen LogP contribution is -2.33. The number of alkyl halides is 4. The summed E-state index contributed by atoms with van der Waals surface area (Å²) in [5.41, 5.74) is 0.894. The van der Waals surface area contributed by atoms with Gasteiger partial charge in [-0.25, -0.2) is 0 Å². The summed E-state index contributed by atoms with van der Waals surface area (Å²) < 4.78 is 59.3. The van der Waals surface area contributed by atoms with Crippen LogP contribution in [0.3, 0.4) is 0 Å². The molecule has 0 bridgehead atoms. The molecule has 1 aliphatic carbocycles. The topological polar surface area (TPSA) is 52.3 Å². The Hall–Kier alpha value is -2.38. The van der Waals surface area contributed by atoms with Crippen molar-refractivity contribution < 1.29 is 31.6 Å². The Bertz CT molecular complexity index is 768. The molecule has 0 unspecified atom stereocenters. The van der Waals surface area contributed by atoms with Crippen LogP contribution in [-0.2, 0) is 0 Å². The zero-order valence-electron chi connectivity index (χ0n) is 12.6. The first kappa shape index (κ1) is 16.5. The Labute approximate surface area is 134 Å². The second-order valence-corrected chi connectivity index (χ2v) is 5.65. The van der Waals surface area contributed by atoms with Crippen molar-refractivity contribution in [3.05, 3.63) is 46.8 Å². The number of aryl methyl sites for hydroxylation is 1. The summed E-state index contributed by atoms with van der Waals surface area (Å²) in [7, 11) is 0. The summed E-state index contributed by atoms with van der Waals surface area (Å²) in [5, 5.41) is 3.64. The molecule has 2 aromatic rings. The molecule has 1 heterocycles. The molecule has 0 aliphatic heterocycles. The Morgan fingerprint density at radius 3 is 2.62 bits per heavy atom. The van der Waals surface area contributed by atoms with Gasteiger partial charge in [-0.2, -0.15) is 17.6 Å². The van der Waals surface area contributed by atoms with Crippen LogP contribution in [-0.4, -0.2) is 23.5 Å². The quantitative estimate of drug-likeness (QED) is 0.579. The predicted molar refractivity (Wildman–Crippen MR) is 74.7 cm³/mol. The number of ketones is 1. The van der Waals surface area contributed by atoms with Crippen LogP contribution in [0.15, 0.2) is 28.9 Å². The third kappa shape index (κ3) is 3.13. The van der Waals surface area contributed by atoms with Gasteiger partial charge in [0.05, 0.1) is 11.8 Å². The molecule has 1 fully saturated rings. The molecule has 4 nitrogen and oxygen atoms in total. The van der Waals surface area contributed by atoms with E-state index in [2.05, 4.69) is 9.89 Å². The van der Waals surface area contributed by atoms with Crippen LogP contribution >= 0.6 is 0 Å². The first-order valence-electron chi connectivity index (χ1n) is 7.24. The van der Waals surface area contributed by atoms with E-state index in [1.807, 2.05) is 0 Å². The van der Waals surface area contributed by atoms with Crippen LogP contribution in [0.4, 0.5) is 17.6 Å². The lowest BCUT2D eigenvalue weighted by atomic mass is 9.98. The van der Waals surface area contributed by atoms with Gasteiger partial charge in [0.25, 0.3) is 0 Å². The van der Waals surface area contributed by atoms with E-state index in [4.69, 9.17) is 4.52 Å². The minimum absolute atomic E-state index is 0.180. The number of hydrogen-bond donors (Lipinski definition) is 0. The van der Waals surface area contributed by atoms with Crippen molar-refractivity contribution in [2.45, 2.75) is 38.2 Å². The maximum Gasteiger partial charge on any atom is 0.461 e. The fourth-order valence-corrected chi connectivity index (χ4v) is 2.36. The van der Waals surface area contributed by atoms with E-state index in [0.717, 1.165) is 25.0 Å². The van der Waals surface area contributed by atoms with Gasteiger partial charge in [0.1, 0.15) is 5.75 Å². The number of benzene rings is 1.